The molecule has 0 saturated carbocycles. The number of hydrogen-bond acceptors (Lipinski definition) is 5. The van der Waals surface area contributed by atoms with Crippen molar-refractivity contribution in [2.75, 3.05) is 0 Å². The van der Waals surface area contributed by atoms with Crippen molar-refractivity contribution in [3.8, 4) is 5.75 Å². The van der Waals surface area contributed by atoms with Gasteiger partial charge in [-0.05, 0) is 19.4 Å². The van der Waals surface area contributed by atoms with Crippen LogP contribution in [0.5, 0.6) is 5.75 Å². The molecule has 0 unspecified atom stereocenters. The van der Waals surface area contributed by atoms with Crippen molar-refractivity contribution in [3.63, 3.8) is 0 Å². The molecule has 6 nitrogen and oxygen atoms in total. The van der Waals surface area contributed by atoms with Crippen LogP contribution < -0.4 is 4.74 Å². The Morgan fingerprint density at radius 3 is 3.05 bits per heavy atom. The molecule has 2 aromatic rings. The molecular formula is C12H15N3O3S. The second kappa shape index (κ2) is 5.83. The highest BCUT2D eigenvalue weighted by molar-refractivity contribution is 7.14. The maximum absolute atomic E-state index is 11.1. The molecule has 1 N–H and O–H groups in total. The number of carboxylic acid groups (broad SMARTS) is 1. The third-order valence-corrected chi connectivity index (χ3v) is 3.52. The van der Waals surface area contributed by atoms with Gasteiger partial charge in [0, 0.05) is 11.4 Å². The summed E-state index contributed by atoms with van der Waals surface area (Å²) in [7, 11) is 0. The SMILES string of the molecule is CCCn1ncnc1COc1cc(C)sc1C(=O)O. The van der Waals surface area contributed by atoms with E-state index in [1.54, 1.807) is 10.7 Å². The minimum Gasteiger partial charge on any atom is -0.484 e. The minimum absolute atomic E-state index is 0.219. The summed E-state index contributed by atoms with van der Waals surface area (Å²) < 4.78 is 7.32. The summed E-state index contributed by atoms with van der Waals surface area (Å²) in [6.07, 6.45) is 2.43. The molecule has 19 heavy (non-hydrogen) atoms. The Balaban J connectivity index is 2.10. The Bertz CT molecular complexity index is 577. The van der Waals surface area contributed by atoms with Gasteiger partial charge in [0.05, 0.1) is 0 Å². The van der Waals surface area contributed by atoms with Crippen LogP contribution in [0.15, 0.2) is 12.4 Å². The van der Waals surface area contributed by atoms with Gasteiger partial charge in [-0.25, -0.2) is 14.5 Å². The molecule has 7 heteroatoms. The lowest BCUT2D eigenvalue weighted by molar-refractivity contribution is 0.0697. The van der Waals surface area contributed by atoms with Crippen LogP contribution in [0, 0.1) is 6.92 Å². The Morgan fingerprint density at radius 2 is 2.37 bits per heavy atom. The lowest BCUT2D eigenvalue weighted by Crippen LogP contribution is -2.09. The van der Waals surface area contributed by atoms with Crippen molar-refractivity contribution in [3.05, 3.63) is 28.0 Å². The number of aromatic carboxylic acids is 1. The highest BCUT2D eigenvalue weighted by atomic mass is 32.1. The summed E-state index contributed by atoms with van der Waals surface area (Å²) in [5.41, 5.74) is 0. The summed E-state index contributed by atoms with van der Waals surface area (Å²) in [5, 5.41) is 13.2. The molecule has 2 heterocycles. The molecule has 0 aliphatic carbocycles. The number of hydrogen-bond donors (Lipinski definition) is 1. The third-order valence-electron chi connectivity index (χ3n) is 2.50. The van der Waals surface area contributed by atoms with Crippen LogP contribution in [-0.4, -0.2) is 25.8 Å². The van der Waals surface area contributed by atoms with Crippen molar-refractivity contribution in [1.82, 2.24) is 14.8 Å². The van der Waals surface area contributed by atoms with Gasteiger partial charge in [-0.1, -0.05) is 6.92 Å². The summed E-state index contributed by atoms with van der Waals surface area (Å²) in [6, 6.07) is 1.73. The van der Waals surface area contributed by atoms with Gasteiger partial charge in [0.2, 0.25) is 0 Å². The number of nitrogens with zero attached hydrogens (tertiary/aromatic N) is 3. The van der Waals surface area contributed by atoms with Gasteiger partial charge in [-0.15, -0.1) is 11.3 Å². The Hall–Kier alpha value is -1.89. The van der Waals surface area contributed by atoms with Crippen LogP contribution in [-0.2, 0) is 13.2 Å². The molecule has 0 aromatic carbocycles. The number of rotatable bonds is 6. The normalized spacial score (nSPS) is 10.6. The van der Waals surface area contributed by atoms with Crippen molar-refractivity contribution in [2.24, 2.45) is 0 Å². The van der Waals surface area contributed by atoms with E-state index in [-0.39, 0.29) is 11.5 Å². The van der Waals surface area contributed by atoms with Gasteiger partial charge < -0.3 is 9.84 Å². The van der Waals surface area contributed by atoms with Crippen LogP contribution in [0.3, 0.4) is 0 Å². The van der Waals surface area contributed by atoms with E-state index in [2.05, 4.69) is 17.0 Å². The lowest BCUT2D eigenvalue weighted by atomic mass is 10.4. The summed E-state index contributed by atoms with van der Waals surface area (Å²) in [6.45, 7) is 4.89. The number of carboxylic acids is 1. The average Bonchev–Trinajstić information content (AvgIpc) is 2.94. The van der Waals surface area contributed by atoms with Gasteiger partial charge >= 0.3 is 5.97 Å². The summed E-state index contributed by atoms with van der Waals surface area (Å²) >= 11 is 1.21. The van der Waals surface area contributed by atoms with E-state index in [1.165, 1.54) is 17.7 Å². The van der Waals surface area contributed by atoms with E-state index in [0.717, 1.165) is 17.8 Å². The third kappa shape index (κ3) is 3.11. The smallest absolute Gasteiger partial charge is 0.349 e. The maximum Gasteiger partial charge on any atom is 0.349 e. The maximum atomic E-state index is 11.1. The first kappa shape index (κ1) is 13.5. The van der Waals surface area contributed by atoms with Crippen molar-refractivity contribution in [1.29, 1.82) is 0 Å². The quantitative estimate of drug-likeness (QED) is 0.879. The fourth-order valence-electron chi connectivity index (χ4n) is 1.69. The van der Waals surface area contributed by atoms with E-state index in [0.29, 0.717) is 11.6 Å². The Labute approximate surface area is 114 Å². The summed E-state index contributed by atoms with van der Waals surface area (Å²) in [4.78, 5) is 16.3. The average molecular weight is 281 g/mol. The molecular weight excluding hydrogens is 266 g/mol. The molecule has 0 amide bonds. The van der Waals surface area contributed by atoms with E-state index in [4.69, 9.17) is 9.84 Å². The first-order chi connectivity index (χ1) is 9.11. The topological polar surface area (TPSA) is 77.2 Å². The lowest BCUT2D eigenvalue weighted by Gasteiger charge is -2.06. The molecule has 0 atom stereocenters. The molecule has 0 aliphatic heterocycles. The second-order valence-corrected chi connectivity index (χ2v) is 5.30. The molecule has 0 radical (unpaired) electrons. The van der Waals surface area contributed by atoms with E-state index in [1.807, 2.05) is 6.92 Å². The van der Waals surface area contributed by atoms with Crippen molar-refractivity contribution < 1.29 is 14.6 Å². The van der Waals surface area contributed by atoms with Crippen molar-refractivity contribution in [2.45, 2.75) is 33.4 Å². The van der Waals surface area contributed by atoms with Crippen LogP contribution in [0.4, 0.5) is 0 Å². The highest BCUT2D eigenvalue weighted by Gasteiger charge is 2.16. The predicted molar refractivity (Wildman–Crippen MR) is 70.7 cm³/mol. The molecule has 2 rings (SSSR count). The zero-order chi connectivity index (χ0) is 13.8. The minimum atomic E-state index is -0.969. The van der Waals surface area contributed by atoms with Crippen LogP contribution in [0.2, 0.25) is 0 Å². The molecule has 102 valence electrons. The Kier molecular flexibility index (Phi) is 4.16. The highest BCUT2D eigenvalue weighted by Crippen LogP contribution is 2.29. The first-order valence-electron chi connectivity index (χ1n) is 5.95. The van der Waals surface area contributed by atoms with Gasteiger partial charge in [0.15, 0.2) is 10.7 Å². The summed E-state index contributed by atoms with van der Waals surface area (Å²) in [5.74, 6) is 0.117. The standard InChI is InChI=1S/C12H15N3O3S/c1-3-4-15-10(13-7-14-15)6-18-9-5-8(2)19-11(9)12(16)17/h5,7H,3-4,6H2,1-2H3,(H,16,17). The Morgan fingerprint density at radius 1 is 1.58 bits per heavy atom. The van der Waals surface area contributed by atoms with E-state index in [9.17, 15) is 4.79 Å². The molecule has 0 bridgehead atoms. The van der Waals surface area contributed by atoms with Gasteiger partial charge in [0.25, 0.3) is 0 Å². The van der Waals surface area contributed by atoms with Crippen LogP contribution in [0.1, 0.15) is 33.7 Å². The van der Waals surface area contributed by atoms with Gasteiger partial charge in [-0.2, -0.15) is 5.10 Å². The molecule has 2 aromatic heterocycles. The van der Waals surface area contributed by atoms with Gasteiger partial charge in [-0.3, -0.25) is 0 Å². The first-order valence-corrected chi connectivity index (χ1v) is 6.76. The van der Waals surface area contributed by atoms with E-state index < -0.39 is 5.97 Å². The van der Waals surface area contributed by atoms with E-state index >= 15 is 0 Å². The number of thiophene rings is 1. The fourth-order valence-corrected chi connectivity index (χ4v) is 2.48. The molecule has 0 fully saturated rings. The van der Waals surface area contributed by atoms with Crippen LogP contribution in [0.25, 0.3) is 0 Å². The zero-order valence-corrected chi connectivity index (χ0v) is 11.6. The molecule has 0 saturated heterocycles. The largest absolute Gasteiger partial charge is 0.484 e. The fraction of sp³-hybridized carbons (Fsp3) is 0.417. The number of carbonyl (C=O) groups is 1. The monoisotopic (exact) mass is 281 g/mol. The zero-order valence-electron chi connectivity index (χ0n) is 10.8. The number of aromatic nitrogens is 3. The second-order valence-electron chi connectivity index (χ2n) is 4.04. The van der Waals surface area contributed by atoms with Crippen molar-refractivity contribution >= 4 is 17.3 Å². The molecule has 0 spiro atoms. The number of ether oxygens (including phenoxy) is 1. The molecule has 0 aliphatic rings. The van der Waals surface area contributed by atoms with Gasteiger partial charge in [0.1, 0.15) is 18.7 Å². The number of aryl methyl sites for hydroxylation is 2. The predicted octanol–water partition coefficient (Wildman–Crippen LogP) is 2.34. The van der Waals surface area contributed by atoms with Crippen LogP contribution >= 0.6 is 11.3 Å².